The summed E-state index contributed by atoms with van der Waals surface area (Å²) in [6, 6.07) is 7.63. The van der Waals surface area contributed by atoms with Gasteiger partial charge in [0.25, 0.3) is 5.91 Å². The molecule has 0 saturated heterocycles. The Morgan fingerprint density at radius 2 is 2.24 bits per heavy atom. The molecule has 0 atom stereocenters. The maximum absolute atomic E-state index is 11.9. The topological polar surface area (TPSA) is 29.1 Å². The smallest absolute Gasteiger partial charge is 0.251 e. The normalized spacial score (nSPS) is 16.6. The van der Waals surface area contributed by atoms with Gasteiger partial charge in [-0.3, -0.25) is 4.79 Å². The predicted octanol–water partition coefficient (Wildman–Crippen LogP) is 3.43. The lowest BCUT2D eigenvalue weighted by molar-refractivity contribution is 0.0944. The molecule has 0 radical (unpaired) electrons. The van der Waals surface area contributed by atoms with Gasteiger partial charge in [0, 0.05) is 21.6 Å². The molecule has 0 unspecified atom stereocenters. The molecular formula is C13H15ClINO. The maximum atomic E-state index is 11.9. The second-order valence-electron chi connectivity index (χ2n) is 4.63. The van der Waals surface area contributed by atoms with Crippen LogP contribution in [0.2, 0.25) is 0 Å². The number of carbonyl (C=O) groups excluding carboxylic acids is 1. The Hall–Kier alpha value is -0.290. The van der Waals surface area contributed by atoms with Gasteiger partial charge < -0.3 is 5.32 Å². The van der Waals surface area contributed by atoms with Crippen LogP contribution in [-0.4, -0.2) is 18.3 Å². The van der Waals surface area contributed by atoms with Crippen molar-refractivity contribution in [3.05, 3.63) is 33.4 Å². The Morgan fingerprint density at radius 1 is 1.47 bits per heavy atom. The highest BCUT2D eigenvalue weighted by molar-refractivity contribution is 14.1. The van der Waals surface area contributed by atoms with Gasteiger partial charge in [0.2, 0.25) is 0 Å². The number of alkyl halides is 1. The van der Waals surface area contributed by atoms with Crippen molar-refractivity contribution in [1.29, 1.82) is 0 Å². The van der Waals surface area contributed by atoms with Gasteiger partial charge >= 0.3 is 0 Å². The van der Waals surface area contributed by atoms with Crippen LogP contribution in [0.5, 0.6) is 0 Å². The third-order valence-electron chi connectivity index (χ3n) is 3.29. The summed E-state index contributed by atoms with van der Waals surface area (Å²) in [5.74, 6) is 0.698. The first kappa shape index (κ1) is 13.1. The summed E-state index contributed by atoms with van der Waals surface area (Å²) in [6.45, 7) is 0.754. The second kappa shape index (κ2) is 5.57. The molecule has 2 nitrogen and oxygen atoms in total. The van der Waals surface area contributed by atoms with Gasteiger partial charge in [0.15, 0.2) is 0 Å². The van der Waals surface area contributed by atoms with Gasteiger partial charge in [-0.05, 0) is 65.5 Å². The summed E-state index contributed by atoms with van der Waals surface area (Å²) in [5.41, 5.74) is 1.03. The first-order valence-corrected chi connectivity index (χ1v) is 7.36. The van der Waals surface area contributed by atoms with Gasteiger partial charge in [-0.25, -0.2) is 0 Å². The van der Waals surface area contributed by atoms with Crippen LogP contribution in [0.25, 0.3) is 0 Å². The lowest BCUT2D eigenvalue weighted by Gasteiger charge is -2.14. The number of halogens is 2. The summed E-state index contributed by atoms with van der Waals surface area (Å²) in [4.78, 5) is 11.9. The summed E-state index contributed by atoms with van der Waals surface area (Å²) in [6.07, 6.45) is 3.37. The number of hydrogen-bond donors (Lipinski definition) is 1. The summed E-state index contributed by atoms with van der Waals surface area (Å²) in [7, 11) is 0. The van der Waals surface area contributed by atoms with Crippen molar-refractivity contribution in [3.63, 3.8) is 0 Å². The molecule has 4 heteroatoms. The molecule has 0 bridgehead atoms. The molecule has 1 amide bonds. The van der Waals surface area contributed by atoms with E-state index in [4.69, 9.17) is 11.6 Å². The molecule has 92 valence electrons. The van der Waals surface area contributed by atoms with Gasteiger partial charge in [-0.1, -0.05) is 6.07 Å². The fraction of sp³-hybridized carbons (Fsp3) is 0.462. The van der Waals surface area contributed by atoms with Gasteiger partial charge in [-0.2, -0.15) is 0 Å². The zero-order valence-corrected chi connectivity index (χ0v) is 12.4. The SMILES string of the molecule is O=C(NCC1(CCCl)CC1)c1cccc(I)c1. The van der Waals surface area contributed by atoms with Crippen LogP contribution in [0, 0.1) is 8.99 Å². The standard InChI is InChI=1S/C13H15ClINO/c14-7-6-13(4-5-13)9-16-12(17)10-2-1-3-11(15)8-10/h1-3,8H,4-7,9H2,(H,16,17). The third kappa shape index (κ3) is 3.58. The van der Waals surface area contributed by atoms with E-state index in [0.29, 0.717) is 11.3 Å². The highest BCUT2D eigenvalue weighted by Gasteiger charge is 2.41. The monoisotopic (exact) mass is 363 g/mol. The van der Waals surface area contributed by atoms with Crippen LogP contribution >= 0.6 is 34.2 Å². The van der Waals surface area contributed by atoms with Crippen molar-refractivity contribution >= 4 is 40.1 Å². The van der Waals surface area contributed by atoms with Crippen LogP contribution in [0.3, 0.4) is 0 Å². The fourth-order valence-electron chi connectivity index (χ4n) is 1.89. The van der Waals surface area contributed by atoms with Crippen molar-refractivity contribution in [2.24, 2.45) is 5.41 Å². The minimum atomic E-state index is 0.0179. The predicted molar refractivity (Wildman–Crippen MR) is 78.5 cm³/mol. The van der Waals surface area contributed by atoms with Gasteiger partial charge in [0.05, 0.1) is 0 Å². The van der Waals surface area contributed by atoms with Gasteiger partial charge in [-0.15, -0.1) is 11.6 Å². The van der Waals surface area contributed by atoms with Crippen molar-refractivity contribution < 1.29 is 4.79 Å². The van der Waals surface area contributed by atoms with E-state index in [1.807, 2.05) is 24.3 Å². The number of nitrogens with one attached hydrogen (secondary N) is 1. The molecule has 0 aliphatic heterocycles. The quantitative estimate of drug-likeness (QED) is 0.630. The maximum Gasteiger partial charge on any atom is 0.251 e. The molecule has 2 rings (SSSR count). The van der Waals surface area contributed by atoms with Crippen LogP contribution in [-0.2, 0) is 0 Å². The van der Waals surface area contributed by atoms with Crippen molar-refractivity contribution in [2.45, 2.75) is 19.3 Å². The summed E-state index contributed by atoms with van der Waals surface area (Å²) in [5, 5.41) is 3.01. The van der Waals surface area contributed by atoms with E-state index in [1.54, 1.807) is 0 Å². The average molecular weight is 364 g/mol. The molecule has 1 aliphatic rings. The fourth-order valence-corrected chi connectivity index (χ4v) is 2.84. The van der Waals surface area contributed by atoms with E-state index in [9.17, 15) is 4.79 Å². The van der Waals surface area contributed by atoms with E-state index in [-0.39, 0.29) is 5.91 Å². The molecule has 0 aromatic heterocycles. The Labute approximate surface area is 120 Å². The zero-order chi connectivity index (χ0) is 12.3. The van der Waals surface area contributed by atoms with E-state index in [2.05, 4.69) is 27.9 Å². The molecule has 1 aromatic carbocycles. The molecule has 1 N–H and O–H groups in total. The minimum absolute atomic E-state index is 0.0179. The number of amides is 1. The molecule has 1 fully saturated rings. The van der Waals surface area contributed by atoms with Crippen LogP contribution in [0.4, 0.5) is 0 Å². The zero-order valence-electron chi connectivity index (χ0n) is 9.51. The van der Waals surface area contributed by atoms with Crippen LogP contribution in [0.15, 0.2) is 24.3 Å². The molecular weight excluding hydrogens is 349 g/mol. The van der Waals surface area contributed by atoms with E-state index in [0.717, 1.165) is 22.1 Å². The highest BCUT2D eigenvalue weighted by Crippen LogP contribution is 2.48. The first-order valence-electron chi connectivity index (χ1n) is 5.75. The first-order chi connectivity index (χ1) is 8.15. The molecule has 1 aromatic rings. The number of rotatable bonds is 5. The van der Waals surface area contributed by atoms with Crippen LogP contribution < -0.4 is 5.32 Å². The van der Waals surface area contributed by atoms with Crippen molar-refractivity contribution in [3.8, 4) is 0 Å². The van der Waals surface area contributed by atoms with Crippen LogP contribution in [0.1, 0.15) is 29.6 Å². The lowest BCUT2D eigenvalue weighted by atomic mass is 10.0. The van der Waals surface area contributed by atoms with Gasteiger partial charge in [0.1, 0.15) is 0 Å². The Kier molecular flexibility index (Phi) is 4.31. The second-order valence-corrected chi connectivity index (χ2v) is 6.26. The Bertz CT molecular complexity index is 418. The number of hydrogen-bond acceptors (Lipinski definition) is 1. The van der Waals surface area contributed by atoms with Crippen molar-refractivity contribution in [1.82, 2.24) is 5.32 Å². The molecule has 1 aliphatic carbocycles. The Balaban J connectivity index is 1.90. The van der Waals surface area contributed by atoms with Crippen molar-refractivity contribution in [2.75, 3.05) is 12.4 Å². The minimum Gasteiger partial charge on any atom is -0.351 e. The Morgan fingerprint density at radius 3 is 2.82 bits per heavy atom. The molecule has 1 saturated carbocycles. The number of carbonyl (C=O) groups is 1. The number of benzene rings is 1. The molecule has 0 heterocycles. The third-order valence-corrected chi connectivity index (χ3v) is 4.15. The van der Waals surface area contributed by atoms with E-state index >= 15 is 0 Å². The van der Waals surface area contributed by atoms with E-state index in [1.165, 1.54) is 12.8 Å². The largest absolute Gasteiger partial charge is 0.351 e. The highest BCUT2D eigenvalue weighted by atomic mass is 127. The van der Waals surface area contributed by atoms with E-state index < -0.39 is 0 Å². The lowest BCUT2D eigenvalue weighted by Crippen LogP contribution is -2.30. The summed E-state index contributed by atoms with van der Waals surface area (Å²) < 4.78 is 1.08. The molecule has 0 spiro atoms. The average Bonchev–Trinajstić information content (AvgIpc) is 3.07. The summed E-state index contributed by atoms with van der Waals surface area (Å²) >= 11 is 7.98. The molecule has 17 heavy (non-hydrogen) atoms.